The van der Waals surface area contributed by atoms with E-state index < -0.39 is 4.92 Å². The smallest absolute Gasteiger partial charge is 0.278 e. The first-order chi connectivity index (χ1) is 11.2. The highest BCUT2D eigenvalue weighted by atomic mass is 16.6. The van der Waals surface area contributed by atoms with E-state index in [1.807, 2.05) is 12.1 Å². The fourth-order valence-electron chi connectivity index (χ4n) is 2.55. The minimum Gasteiger partial charge on any atom is -0.493 e. The highest BCUT2D eigenvalue weighted by Crippen LogP contribution is 2.38. The monoisotopic (exact) mass is 310 g/mol. The van der Waals surface area contributed by atoms with Gasteiger partial charge in [-0.1, -0.05) is 12.1 Å². The van der Waals surface area contributed by atoms with Crippen LogP contribution in [0.3, 0.4) is 0 Å². The molecule has 6 heteroatoms. The second kappa shape index (κ2) is 5.92. The summed E-state index contributed by atoms with van der Waals surface area (Å²) in [5.74, 6) is 1.15. The van der Waals surface area contributed by atoms with Crippen molar-refractivity contribution in [1.29, 1.82) is 0 Å². The maximum Gasteiger partial charge on any atom is 0.278 e. The van der Waals surface area contributed by atoms with Crippen LogP contribution in [0.15, 0.2) is 48.7 Å². The molecule has 1 heterocycles. The van der Waals surface area contributed by atoms with Crippen molar-refractivity contribution in [3.05, 3.63) is 58.8 Å². The van der Waals surface area contributed by atoms with Crippen LogP contribution in [0, 0.1) is 10.1 Å². The molecule has 3 aromatic rings. The number of nitrogens with zero attached hydrogens (tertiary/aromatic N) is 2. The van der Waals surface area contributed by atoms with Crippen molar-refractivity contribution < 1.29 is 14.4 Å². The number of nitro groups is 1. The lowest BCUT2D eigenvalue weighted by Crippen LogP contribution is -1.95. The van der Waals surface area contributed by atoms with Gasteiger partial charge in [-0.05, 0) is 29.7 Å². The number of hydrogen-bond acceptors (Lipinski definition) is 5. The van der Waals surface area contributed by atoms with Crippen molar-refractivity contribution in [3.8, 4) is 22.8 Å². The Morgan fingerprint density at radius 2 is 1.74 bits per heavy atom. The van der Waals surface area contributed by atoms with Crippen LogP contribution in [0.5, 0.6) is 11.5 Å². The number of ether oxygens (including phenoxy) is 2. The SMILES string of the molecule is COc1cc2ccnc(-c3ccccc3[N+](=O)[O-])c2cc1OC. The topological polar surface area (TPSA) is 74.5 Å². The molecule has 0 aliphatic carbocycles. The first-order valence-corrected chi connectivity index (χ1v) is 6.90. The van der Waals surface area contributed by atoms with Crippen LogP contribution in [-0.2, 0) is 0 Å². The average molecular weight is 310 g/mol. The predicted molar refractivity (Wildman–Crippen MR) is 86.9 cm³/mol. The Balaban J connectivity index is 2.33. The van der Waals surface area contributed by atoms with E-state index in [2.05, 4.69) is 4.98 Å². The zero-order valence-corrected chi connectivity index (χ0v) is 12.6. The Labute approximate surface area is 132 Å². The normalized spacial score (nSPS) is 10.5. The number of nitro benzene ring substituents is 1. The standard InChI is InChI=1S/C17H14N2O4/c1-22-15-9-11-7-8-18-17(13(11)10-16(15)23-2)12-5-3-4-6-14(12)19(20)21/h3-10H,1-2H3. The number of aromatic nitrogens is 1. The molecule has 0 unspecified atom stereocenters. The molecule has 1 aromatic heterocycles. The van der Waals surface area contributed by atoms with E-state index in [1.54, 1.807) is 44.7 Å². The number of fused-ring (bicyclic) bond motifs is 1. The predicted octanol–water partition coefficient (Wildman–Crippen LogP) is 3.83. The molecule has 0 saturated carbocycles. The molecule has 0 atom stereocenters. The van der Waals surface area contributed by atoms with Gasteiger partial charge >= 0.3 is 0 Å². The molecule has 0 bridgehead atoms. The van der Waals surface area contributed by atoms with Gasteiger partial charge in [-0.3, -0.25) is 15.1 Å². The van der Waals surface area contributed by atoms with E-state index in [0.29, 0.717) is 22.8 Å². The van der Waals surface area contributed by atoms with Crippen molar-refractivity contribution in [2.75, 3.05) is 14.2 Å². The maximum absolute atomic E-state index is 11.3. The maximum atomic E-state index is 11.3. The van der Waals surface area contributed by atoms with Gasteiger partial charge in [-0.25, -0.2) is 0 Å². The fraction of sp³-hybridized carbons (Fsp3) is 0.118. The Kier molecular flexibility index (Phi) is 3.80. The molecule has 3 rings (SSSR count). The summed E-state index contributed by atoms with van der Waals surface area (Å²) in [6.45, 7) is 0. The molecule has 0 radical (unpaired) electrons. The largest absolute Gasteiger partial charge is 0.493 e. The molecule has 23 heavy (non-hydrogen) atoms. The Hall–Kier alpha value is -3.15. The zero-order chi connectivity index (χ0) is 16.4. The van der Waals surface area contributed by atoms with E-state index in [-0.39, 0.29) is 5.69 Å². The van der Waals surface area contributed by atoms with Gasteiger partial charge in [0.1, 0.15) is 0 Å². The lowest BCUT2D eigenvalue weighted by Gasteiger charge is -2.11. The molecule has 0 aliphatic rings. The number of benzene rings is 2. The second-order valence-corrected chi connectivity index (χ2v) is 4.86. The highest BCUT2D eigenvalue weighted by molar-refractivity contribution is 5.98. The molecule has 0 aliphatic heterocycles. The van der Waals surface area contributed by atoms with Gasteiger partial charge in [0, 0.05) is 17.6 Å². The first kappa shape index (κ1) is 14.8. The van der Waals surface area contributed by atoms with Crippen molar-refractivity contribution in [3.63, 3.8) is 0 Å². The third kappa shape index (κ3) is 2.55. The van der Waals surface area contributed by atoms with Gasteiger partial charge in [0.2, 0.25) is 0 Å². The van der Waals surface area contributed by atoms with Gasteiger partial charge in [0.15, 0.2) is 11.5 Å². The molecular formula is C17H14N2O4. The number of methoxy groups -OCH3 is 2. The Morgan fingerprint density at radius 1 is 1.04 bits per heavy atom. The molecular weight excluding hydrogens is 296 g/mol. The van der Waals surface area contributed by atoms with E-state index in [1.165, 1.54) is 6.07 Å². The van der Waals surface area contributed by atoms with Gasteiger partial charge < -0.3 is 9.47 Å². The lowest BCUT2D eigenvalue weighted by atomic mass is 10.0. The third-order valence-electron chi connectivity index (χ3n) is 3.62. The number of pyridine rings is 1. The number of hydrogen-bond donors (Lipinski definition) is 0. The van der Waals surface area contributed by atoms with Crippen LogP contribution in [0.4, 0.5) is 5.69 Å². The average Bonchev–Trinajstić information content (AvgIpc) is 2.59. The minimum absolute atomic E-state index is 0.0160. The van der Waals surface area contributed by atoms with E-state index in [0.717, 1.165) is 10.8 Å². The summed E-state index contributed by atoms with van der Waals surface area (Å²) in [6.07, 6.45) is 1.63. The summed E-state index contributed by atoms with van der Waals surface area (Å²) < 4.78 is 10.6. The summed E-state index contributed by atoms with van der Waals surface area (Å²) >= 11 is 0. The van der Waals surface area contributed by atoms with Crippen LogP contribution in [0.2, 0.25) is 0 Å². The molecule has 0 spiro atoms. The van der Waals surface area contributed by atoms with Crippen molar-refractivity contribution in [2.45, 2.75) is 0 Å². The van der Waals surface area contributed by atoms with Gasteiger partial charge in [-0.15, -0.1) is 0 Å². The molecule has 0 fully saturated rings. The molecule has 0 N–H and O–H groups in total. The molecule has 6 nitrogen and oxygen atoms in total. The Morgan fingerprint density at radius 3 is 2.43 bits per heavy atom. The van der Waals surface area contributed by atoms with Crippen molar-refractivity contribution >= 4 is 16.5 Å². The van der Waals surface area contributed by atoms with E-state index >= 15 is 0 Å². The fourth-order valence-corrected chi connectivity index (χ4v) is 2.55. The number of rotatable bonds is 4. The summed E-state index contributed by atoms with van der Waals surface area (Å²) in [5.41, 5.74) is 1.02. The summed E-state index contributed by atoms with van der Waals surface area (Å²) in [5, 5.41) is 12.9. The number of para-hydroxylation sites is 1. The van der Waals surface area contributed by atoms with Gasteiger partial charge in [0.05, 0.1) is 30.4 Å². The molecule has 116 valence electrons. The van der Waals surface area contributed by atoms with Crippen molar-refractivity contribution in [2.24, 2.45) is 0 Å². The molecule has 2 aromatic carbocycles. The molecule has 0 amide bonds. The van der Waals surface area contributed by atoms with E-state index in [4.69, 9.17) is 9.47 Å². The summed E-state index contributed by atoms with van der Waals surface area (Å²) in [7, 11) is 3.11. The lowest BCUT2D eigenvalue weighted by molar-refractivity contribution is -0.384. The van der Waals surface area contributed by atoms with Gasteiger partial charge in [-0.2, -0.15) is 0 Å². The molecule has 0 saturated heterocycles. The summed E-state index contributed by atoms with van der Waals surface area (Å²) in [4.78, 5) is 15.2. The van der Waals surface area contributed by atoms with Gasteiger partial charge in [0.25, 0.3) is 5.69 Å². The summed E-state index contributed by atoms with van der Waals surface area (Å²) in [6, 6.07) is 12.0. The van der Waals surface area contributed by atoms with E-state index in [9.17, 15) is 10.1 Å². The second-order valence-electron chi connectivity index (χ2n) is 4.86. The van der Waals surface area contributed by atoms with Crippen LogP contribution in [0.1, 0.15) is 0 Å². The third-order valence-corrected chi connectivity index (χ3v) is 3.62. The quantitative estimate of drug-likeness (QED) is 0.541. The first-order valence-electron chi connectivity index (χ1n) is 6.90. The highest BCUT2D eigenvalue weighted by Gasteiger charge is 2.18. The Bertz CT molecular complexity index is 893. The van der Waals surface area contributed by atoms with Crippen LogP contribution < -0.4 is 9.47 Å². The zero-order valence-electron chi connectivity index (χ0n) is 12.6. The van der Waals surface area contributed by atoms with Crippen LogP contribution in [0.25, 0.3) is 22.0 Å². The minimum atomic E-state index is -0.406. The van der Waals surface area contributed by atoms with Crippen molar-refractivity contribution in [1.82, 2.24) is 4.98 Å². The van der Waals surface area contributed by atoms with Crippen LogP contribution >= 0.6 is 0 Å². The van der Waals surface area contributed by atoms with Crippen LogP contribution in [-0.4, -0.2) is 24.1 Å².